The predicted molar refractivity (Wildman–Crippen MR) is 108 cm³/mol. The minimum absolute atomic E-state index is 0.254. The lowest BCUT2D eigenvalue weighted by molar-refractivity contribution is -0.00656. The van der Waals surface area contributed by atoms with Crippen molar-refractivity contribution in [1.82, 2.24) is 13.6 Å². The minimum atomic E-state index is -3.45. The Labute approximate surface area is 171 Å². The van der Waals surface area contributed by atoms with Crippen LogP contribution in [-0.2, 0) is 21.4 Å². The number of nitrogens with zero attached hydrogens (tertiary/aromatic N) is 3. The van der Waals surface area contributed by atoms with Gasteiger partial charge in [-0.05, 0) is 61.6 Å². The lowest BCUT2D eigenvalue weighted by Crippen LogP contribution is -2.48. The Morgan fingerprint density at radius 3 is 2.52 bits per heavy atom. The molecule has 1 aromatic heterocycles. The molecule has 6 nitrogen and oxygen atoms in total. The monoisotopic (exact) mass is 419 g/mol. The Balaban J connectivity index is 1.52. The normalized spacial score (nSPS) is 21.5. The second-order valence-electron chi connectivity index (χ2n) is 7.68. The van der Waals surface area contributed by atoms with Crippen LogP contribution in [0.1, 0.15) is 41.5 Å². The Bertz CT molecular complexity index is 960. The van der Waals surface area contributed by atoms with Crippen LogP contribution in [0.15, 0.2) is 36.4 Å². The highest BCUT2D eigenvalue weighted by molar-refractivity contribution is 7.86. The average molecular weight is 420 g/mol. The van der Waals surface area contributed by atoms with E-state index in [9.17, 15) is 12.8 Å². The molecule has 0 radical (unpaired) electrons. The summed E-state index contributed by atoms with van der Waals surface area (Å²) in [6.07, 6.45) is 2.09. The second-order valence-corrected chi connectivity index (χ2v) is 9.60. The molecule has 2 saturated heterocycles. The van der Waals surface area contributed by atoms with Crippen molar-refractivity contribution in [2.24, 2.45) is 0 Å². The van der Waals surface area contributed by atoms with E-state index >= 15 is 0 Å². The van der Waals surface area contributed by atoms with E-state index in [4.69, 9.17) is 4.74 Å². The highest BCUT2D eigenvalue weighted by atomic mass is 32.2. The van der Waals surface area contributed by atoms with Gasteiger partial charge < -0.3 is 4.74 Å². The fraction of sp³-hybridized carbons (Fsp3) is 0.476. The van der Waals surface area contributed by atoms with Crippen molar-refractivity contribution in [3.63, 3.8) is 0 Å². The van der Waals surface area contributed by atoms with Gasteiger partial charge in [-0.15, -0.1) is 0 Å². The van der Waals surface area contributed by atoms with E-state index in [2.05, 4.69) is 4.98 Å². The molecule has 0 unspecified atom stereocenters. The molecule has 0 bridgehead atoms. The number of hydrogen-bond acceptors (Lipinski definition) is 4. The summed E-state index contributed by atoms with van der Waals surface area (Å²) in [7, 11) is -3.45. The maximum absolute atomic E-state index is 13.2. The molecule has 29 heavy (non-hydrogen) atoms. The number of hydrogen-bond donors (Lipinski definition) is 0. The molecule has 156 valence electrons. The van der Waals surface area contributed by atoms with Gasteiger partial charge in [0.15, 0.2) is 0 Å². The van der Waals surface area contributed by atoms with Crippen molar-refractivity contribution in [3.8, 4) is 0 Å². The molecule has 3 heterocycles. The second kappa shape index (κ2) is 8.47. The molecule has 2 aliphatic rings. The standard InChI is InChI=1S/C21H26FN3O3S/c1-16-12-18(13-17-4-6-19(22)7-5-17)14-20(23-16)21-15-25(10-11-28-21)29(26,27)24-8-2-3-9-24/h4-7,12,14,21H,2-3,8-11,13,15H2,1H3/t21-/m0/s1. The Hall–Kier alpha value is -1.87. The molecule has 2 aliphatic heterocycles. The molecule has 0 saturated carbocycles. The van der Waals surface area contributed by atoms with Gasteiger partial charge >= 0.3 is 0 Å². The smallest absolute Gasteiger partial charge is 0.282 e. The maximum atomic E-state index is 13.2. The van der Waals surface area contributed by atoms with E-state index in [1.54, 1.807) is 16.4 Å². The first kappa shape index (κ1) is 20.4. The number of aromatic nitrogens is 1. The van der Waals surface area contributed by atoms with Gasteiger partial charge in [0.2, 0.25) is 0 Å². The number of benzene rings is 1. The molecular formula is C21H26FN3O3S. The summed E-state index contributed by atoms with van der Waals surface area (Å²) in [5, 5.41) is 0. The highest BCUT2D eigenvalue weighted by Gasteiger charge is 2.36. The number of pyridine rings is 1. The summed E-state index contributed by atoms with van der Waals surface area (Å²) in [5.41, 5.74) is 3.64. The third-order valence-corrected chi connectivity index (χ3v) is 7.43. The van der Waals surface area contributed by atoms with Crippen molar-refractivity contribution in [1.29, 1.82) is 0 Å². The zero-order valence-electron chi connectivity index (χ0n) is 16.6. The van der Waals surface area contributed by atoms with Crippen LogP contribution in [0.25, 0.3) is 0 Å². The molecule has 1 atom stereocenters. The molecule has 0 amide bonds. The van der Waals surface area contributed by atoms with Gasteiger partial charge in [-0.3, -0.25) is 4.98 Å². The van der Waals surface area contributed by atoms with Gasteiger partial charge in [-0.1, -0.05) is 12.1 Å². The molecular weight excluding hydrogens is 393 g/mol. The Morgan fingerprint density at radius 1 is 1.07 bits per heavy atom. The van der Waals surface area contributed by atoms with Gasteiger partial charge in [-0.25, -0.2) is 4.39 Å². The number of aryl methyl sites for hydroxylation is 1. The van der Waals surface area contributed by atoms with Crippen LogP contribution >= 0.6 is 0 Å². The summed E-state index contributed by atoms with van der Waals surface area (Å²) in [6, 6.07) is 10.4. The Morgan fingerprint density at radius 2 is 1.79 bits per heavy atom. The van der Waals surface area contributed by atoms with E-state index < -0.39 is 16.3 Å². The summed E-state index contributed by atoms with van der Waals surface area (Å²) in [4.78, 5) is 4.61. The Kier molecular flexibility index (Phi) is 5.96. The van der Waals surface area contributed by atoms with Crippen LogP contribution in [-0.4, -0.2) is 54.8 Å². The van der Waals surface area contributed by atoms with Crippen LogP contribution < -0.4 is 0 Å². The molecule has 0 aliphatic carbocycles. The summed E-state index contributed by atoms with van der Waals surface area (Å²) >= 11 is 0. The molecule has 0 N–H and O–H groups in total. The molecule has 2 aromatic rings. The van der Waals surface area contributed by atoms with Crippen LogP contribution in [0, 0.1) is 12.7 Å². The number of ether oxygens (including phenoxy) is 1. The number of rotatable bonds is 5. The lowest BCUT2D eigenvalue weighted by atomic mass is 10.0. The van der Waals surface area contributed by atoms with E-state index in [0.29, 0.717) is 32.7 Å². The first-order valence-electron chi connectivity index (χ1n) is 10.0. The third kappa shape index (κ3) is 4.66. The van der Waals surface area contributed by atoms with Crippen LogP contribution in [0.5, 0.6) is 0 Å². The van der Waals surface area contributed by atoms with Crippen LogP contribution in [0.4, 0.5) is 4.39 Å². The molecule has 2 fully saturated rings. The van der Waals surface area contributed by atoms with Gasteiger partial charge in [0.05, 0.1) is 12.3 Å². The topological polar surface area (TPSA) is 62.7 Å². The summed E-state index contributed by atoms with van der Waals surface area (Å²) < 4.78 is 48.0. The van der Waals surface area contributed by atoms with Gasteiger partial charge in [-0.2, -0.15) is 17.0 Å². The third-order valence-electron chi connectivity index (χ3n) is 5.43. The molecule has 0 spiro atoms. The summed E-state index contributed by atoms with van der Waals surface area (Å²) in [5.74, 6) is -0.254. The fourth-order valence-corrected chi connectivity index (χ4v) is 5.64. The van der Waals surface area contributed by atoms with E-state index in [1.165, 1.54) is 16.4 Å². The van der Waals surface area contributed by atoms with Crippen molar-refractivity contribution < 1.29 is 17.5 Å². The first-order valence-corrected chi connectivity index (χ1v) is 11.4. The van der Waals surface area contributed by atoms with Gasteiger partial charge in [0.25, 0.3) is 10.2 Å². The largest absolute Gasteiger partial charge is 0.369 e. The zero-order chi connectivity index (χ0) is 20.4. The maximum Gasteiger partial charge on any atom is 0.282 e. The van der Waals surface area contributed by atoms with Gasteiger partial charge in [0.1, 0.15) is 11.9 Å². The fourth-order valence-electron chi connectivity index (χ4n) is 3.97. The van der Waals surface area contributed by atoms with E-state index in [1.807, 2.05) is 19.1 Å². The molecule has 4 rings (SSSR count). The summed E-state index contributed by atoms with van der Waals surface area (Å²) in [6.45, 7) is 4.08. The molecule has 8 heteroatoms. The average Bonchev–Trinajstić information content (AvgIpc) is 3.25. The quantitative estimate of drug-likeness (QED) is 0.748. The van der Waals surface area contributed by atoms with E-state index in [0.717, 1.165) is 35.4 Å². The zero-order valence-corrected chi connectivity index (χ0v) is 17.4. The van der Waals surface area contributed by atoms with E-state index in [-0.39, 0.29) is 12.4 Å². The van der Waals surface area contributed by atoms with Crippen molar-refractivity contribution in [2.45, 2.75) is 32.3 Å². The van der Waals surface area contributed by atoms with Crippen molar-refractivity contribution >= 4 is 10.2 Å². The number of morpholine rings is 1. The van der Waals surface area contributed by atoms with Crippen LogP contribution in [0.2, 0.25) is 0 Å². The minimum Gasteiger partial charge on any atom is -0.369 e. The molecule has 1 aromatic carbocycles. The first-order chi connectivity index (χ1) is 13.9. The van der Waals surface area contributed by atoms with Crippen LogP contribution in [0.3, 0.4) is 0 Å². The van der Waals surface area contributed by atoms with Gasteiger partial charge in [0, 0.05) is 31.9 Å². The predicted octanol–water partition coefficient (Wildman–Crippen LogP) is 2.83. The number of halogens is 1. The SMILES string of the molecule is Cc1cc(Cc2ccc(F)cc2)cc([C@@H]2CN(S(=O)(=O)N3CCCC3)CCO2)n1. The lowest BCUT2D eigenvalue weighted by Gasteiger charge is -2.34. The highest BCUT2D eigenvalue weighted by Crippen LogP contribution is 2.26. The van der Waals surface area contributed by atoms with Crippen molar-refractivity contribution in [3.05, 3.63) is 64.7 Å². The van der Waals surface area contributed by atoms with Crippen molar-refractivity contribution in [2.75, 3.05) is 32.8 Å².